The number of benzene rings is 2. The maximum atomic E-state index is 13.2. The Kier molecular flexibility index (Phi) is 8.87. The predicted molar refractivity (Wildman–Crippen MR) is 155 cm³/mol. The number of hydrogen-bond acceptors (Lipinski definition) is 8. The number of aromatic nitrogens is 2. The first-order valence-corrected chi connectivity index (χ1v) is 13.9. The van der Waals surface area contributed by atoms with Crippen molar-refractivity contribution in [3.05, 3.63) is 77.6 Å². The Labute approximate surface area is 234 Å². The van der Waals surface area contributed by atoms with Crippen LogP contribution in [0.1, 0.15) is 52.0 Å². The van der Waals surface area contributed by atoms with Crippen LogP contribution < -0.4 is 26.0 Å². The molecule has 2 atom stereocenters. The summed E-state index contributed by atoms with van der Waals surface area (Å²) in [4.78, 5) is 39.6. The van der Waals surface area contributed by atoms with Crippen LogP contribution in [0.15, 0.2) is 60.9 Å². The fourth-order valence-corrected chi connectivity index (χ4v) is 5.30. The SMILES string of the molecule is COc1ccc(C(=O)Nc2cc(C(=O)NC3CCCCC3N)ccc2CN2CCN(c3ncccn3)CC2)cc1. The molecule has 1 saturated carbocycles. The van der Waals surface area contributed by atoms with Gasteiger partial charge < -0.3 is 26.0 Å². The van der Waals surface area contributed by atoms with Gasteiger partial charge in [-0.1, -0.05) is 18.9 Å². The number of hydrogen-bond donors (Lipinski definition) is 3. The van der Waals surface area contributed by atoms with Gasteiger partial charge in [0.2, 0.25) is 5.95 Å². The molecule has 10 nitrogen and oxygen atoms in total. The molecule has 10 heteroatoms. The fraction of sp³-hybridized carbons (Fsp3) is 0.400. The molecular weight excluding hydrogens is 506 g/mol. The molecule has 2 heterocycles. The van der Waals surface area contributed by atoms with Gasteiger partial charge >= 0.3 is 0 Å². The Balaban J connectivity index is 1.32. The zero-order valence-corrected chi connectivity index (χ0v) is 22.9. The van der Waals surface area contributed by atoms with E-state index < -0.39 is 0 Å². The topological polar surface area (TPSA) is 126 Å². The highest BCUT2D eigenvalue weighted by atomic mass is 16.5. The van der Waals surface area contributed by atoms with Gasteiger partial charge in [0.1, 0.15) is 5.75 Å². The van der Waals surface area contributed by atoms with Crippen molar-refractivity contribution >= 4 is 23.5 Å². The maximum Gasteiger partial charge on any atom is 0.255 e. The monoisotopic (exact) mass is 543 g/mol. The second kappa shape index (κ2) is 12.9. The van der Waals surface area contributed by atoms with Crippen LogP contribution in [0.3, 0.4) is 0 Å². The third-order valence-corrected chi connectivity index (χ3v) is 7.71. The lowest BCUT2D eigenvalue weighted by molar-refractivity contribution is 0.0920. The van der Waals surface area contributed by atoms with E-state index in [1.807, 2.05) is 18.2 Å². The molecule has 2 aliphatic rings. The van der Waals surface area contributed by atoms with Crippen LogP contribution in [0.4, 0.5) is 11.6 Å². The molecule has 1 aliphatic carbocycles. The molecule has 3 aromatic rings. The van der Waals surface area contributed by atoms with E-state index in [0.717, 1.165) is 63.4 Å². The summed E-state index contributed by atoms with van der Waals surface area (Å²) in [6, 6.07) is 14.2. The average molecular weight is 544 g/mol. The number of amides is 2. The summed E-state index contributed by atoms with van der Waals surface area (Å²) in [7, 11) is 1.59. The summed E-state index contributed by atoms with van der Waals surface area (Å²) in [5.41, 5.74) is 8.83. The van der Waals surface area contributed by atoms with E-state index in [0.29, 0.717) is 29.1 Å². The lowest BCUT2D eigenvalue weighted by Gasteiger charge is -2.35. The normalized spacial score (nSPS) is 19.6. The fourth-order valence-electron chi connectivity index (χ4n) is 5.30. The first kappa shape index (κ1) is 27.5. The number of piperazine rings is 1. The van der Waals surface area contributed by atoms with Gasteiger partial charge in [0.15, 0.2) is 0 Å². The third-order valence-electron chi connectivity index (χ3n) is 7.71. The van der Waals surface area contributed by atoms with Gasteiger partial charge in [-0.25, -0.2) is 9.97 Å². The van der Waals surface area contributed by atoms with Crippen molar-refractivity contribution in [2.45, 2.75) is 44.3 Å². The van der Waals surface area contributed by atoms with Crippen molar-refractivity contribution in [2.75, 3.05) is 43.5 Å². The minimum Gasteiger partial charge on any atom is -0.497 e. The van der Waals surface area contributed by atoms with Crippen molar-refractivity contribution in [3.8, 4) is 5.75 Å². The van der Waals surface area contributed by atoms with Gasteiger partial charge in [0.25, 0.3) is 11.8 Å². The van der Waals surface area contributed by atoms with Crippen LogP contribution in [0.5, 0.6) is 5.75 Å². The van der Waals surface area contributed by atoms with E-state index in [9.17, 15) is 9.59 Å². The van der Waals surface area contributed by atoms with Crippen LogP contribution in [0.25, 0.3) is 0 Å². The Morgan fingerprint density at radius 2 is 1.65 bits per heavy atom. The highest BCUT2D eigenvalue weighted by molar-refractivity contribution is 6.05. The van der Waals surface area contributed by atoms with E-state index in [1.165, 1.54) is 0 Å². The van der Waals surface area contributed by atoms with Gasteiger partial charge in [-0.05, 0) is 60.9 Å². The zero-order chi connectivity index (χ0) is 27.9. The van der Waals surface area contributed by atoms with Crippen molar-refractivity contribution in [1.29, 1.82) is 0 Å². The lowest BCUT2D eigenvalue weighted by Crippen LogP contribution is -2.49. The molecule has 0 radical (unpaired) electrons. The van der Waals surface area contributed by atoms with Gasteiger partial charge in [0.05, 0.1) is 7.11 Å². The predicted octanol–water partition coefficient (Wildman–Crippen LogP) is 3.06. The van der Waals surface area contributed by atoms with Crippen LogP contribution in [0, 0.1) is 0 Å². The second-order valence-electron chi connectivity index (χ2n) is 10.4. The minimum absolute atomic E-state index is 0.0360. The Bertz CT molecular complexity index is 1290. The molecule has 0 bridgehead atoms. The van der Waals surface area contributed by atoms with Crippen molar-refractivity contribution in [2.24, 2.45) is 5.73 Å². The number of carbonyl (C=O) groups is 2. The number of rotatable bonds is 8. The number of methoxy groups -OCH3 is 1. The van der Waals surface area contributed by atoms with Crippen molar-refractivity contribution < 1.29 is 14.3 Å². The van der Waals surface area contributed by atoms with Crippen molar-refractivity contribution in [1.82, 2.24) is 20.2 Å². The lowest BCUT2D eigenvalue weighted by atomic mass is 9.91. The molecule has 0 spiro atoms. The van der Waals surface area contributed by atoms with Crippen LogP contribution in [0.2, 0.25) is 0 Å². The molecule has 2 unspecified atom stereocenters. The largest absolute Gasteiger partial charge is 0.497 e. The zero-order valence-electron chi connectivity index (χ0n) is 22.9. The number of carbonyl (C=O) groups excluding carboxylic acids is 2. The van der Waals surface area contributed by atoms with Crippen molar-refractivity contribution in [3.63, 3.8) is 0 Å². The van der Waals surface area contributed by atoms with E-state index in [4.69, 9.17) is 10.5 Å². The molecule has 1 aliphatic heterocycles. The van der Waals surface area contributed by atoms with Gasteiger partial charge in [-0.3, -0.25) is 14.5 Å². The highest BCUT2D eigenvalue weighted by Crippen LogP contribution is 2.24. The van der Waals surface area contributed by atoms with Crippen LogP contribution >= 0.6 is 0 Å². The number of nitrogens with two attached hydrogens (primary N) is 1. The second-order valence-corrected chi connectivity index (χ2v) is 10.4. The van der Waals surface area contributed by atoms with Gasteiger partial charge in [-0.15, -0.1) is 0 Å². The average Bonchev–Trinajstić information content (AvgIpc) is 3.00. The van der Waals surface area contributed by atoms with E-state index in [2.05, 4.69) is 30.4 Å². The number of nitrogens with one attached hydrogen (secondary N) is 2. The molecule has 2 amide bonds. The van der Waals surface area contributed by atoms with Crippen LogP contribution in [-0.4, -0.2) is 72.1 Å². The molecule has 40 heavy (non-hydrogen) atoms. The first-order chi connectivity index (χ1) is 19.5. The number of anilines is 2. The first-order valence-electron chi connectivity index (χ1n) is 13.9. The quantitative estimate of drug-likeness (QED) is 0.396. The van der Waals surface area contributed by atoms with E-state index in [1.54, 1.807) is 49.8 Å². The Morgan fingerprint density at radius 3 is 2.35 bits per heavy atom. The van der Waals surface area contributed by atoms with E-state index in [-0.39, 0.29) is 23.9 Å². The number of nitrogens with zero attached hydrogens (tertiary/aromatic N) is 4. The minimum atomic E-state index is -0.248. The van der Waals surface area contributed by atoms with E-state index >= 15 is 0 Å². The molecule has 1 aromatic heterocycles. The molecule has 1 saturated heterocycles. The summed E-state index contributed by atoms with van der Waals surface area (Å²) in [6.45, 7) is 3.90. The summed E-state index contributed by atoms with van der Waals surface area (Å²) < 4.78 is 5.22. The molecule has 2 aromatic carbocycles. The van der Waals surface area contributed by atoms with Gasteiger partial charge in [0, 0.05) is 74.0 Å². The molecule has 2 fully saturated rings. The van der Waals surface area contributed by atoms with Crippen LogP contribution in [-0.2, 0) is 6.54 Å². The highest BCUT2D eigenvalue weighted by Gasteiger charge is 2.25. The number of ether oxygens (including phenoxy) is 1. The summed E-state index contributed by atoms with van der Waals surface area (Å²) >= 11 is 0. The summed E-state index contributed by atoms with van der Waals surface area (Å²) in [5, 5.41) is 6.17. The standard InChI is InChI=1S/C30H37N7O3/c1-40-24-11-9-21(10-12-24)28(38)35-27-19-22(29(39)34-26-6-3-2-5-25(26)31)7-8-23(27)20-36-15-17-37(18-16-36)30-32-13-4-14-33-30/h4,7-14,19,25-26H,2-3,5-6,15-18,20,31H2,1H3,(H,34,39)(H,35,38). The Hall–Kier alpha value is -4.02. The molecule has 210 valence electrons. The molecular formula is C30H37N7O3. The summed E-state index contributed by atoms with van der Waals surface area (Å²) in [6.07, 6.45) is 7.46. The molecule has 4 N–H and O–H groups in total. The van der Waals surface area contributed by atoms with Gasteiger partial charge in [-0.2, -0.15) is 0 Å². The third kappa shape index (κ3) is 6.75. The summed E-state index contributed by atoms with van der Waals surface area (Å²) in [5.74, 6) is 0.992. The molecule has 5 rings (SSSR count). The Morgan fingerprint density at radius 1 is 0.950 bits per heavy atom. The smallest absolute Gasteiger partial charge is 0.255 e. The maximum absolute atomic E-state index is 13.2.